The number of rotatable bonds is 4. The first kappa shape index (κ1) is 15.4. The molecule has 2 heterocycles. The lowest BCUT2D eigenvalue weighted by molar-refractivity contribution is 1.26. The van der Waals surface area contributed by atoms with E-state index in [-0.39, 0.29) is 0 Å². The van der Waals surface area contributed by atoms with E-state index in [1.165, 1.54) is 22.3 Å². The van der Waals surface area contributed by atoms with Gasteiger partial charge in [0.25, 0.3) is 0 Å². The van der Waals surface area contributed by atoms with Crippen LogP contribution in [-0.4, -0.2) is 16.2 Å². The molecular formula is C18H18N4S. The molecule has 0 amide bonds. The van der Waals surface area contributed by atoms with Crippen LogP contribution in [0.4, 0.5) is 5.13 Å². The fourth-order valence-electron chi connectivity index (χ4n) is 2.64. The van der Waals surface area contributed by atoms with E-state index >= 15 is 0 Å². The maximum atomic E-state index is 4.64. The van der Waals surface area contributed by atoms with Crippen molar-refractivity contribution in [3.8, 4) is 11.3 Å². The number of aryl methyl sites for hydroxylation is 3. The minimum absolute atomic E-state index is 0.777. The van der Waals surface area contributed by atoms with E-state index in [2.05, 4.69) is 58.8 Å². The molecule has 4 nitrogen and oxygen atoms in total. The summed E-state index contributed by atoms with van der Waals surface area (Å²) in [5.41, 5.74) is 9.90. The molecule has 0 aliphatic heterocycles. The molecule has 23 heavy (non-hydrogen) atoms. The Bertz CT molecular complexity index is 814. The zero-order chi connectivity index (χ0) is 16.2. The third kappa shape index (κ3) is 3.63. The summed E-state index contributed by atoms with van der Waals surface area (Å²) < 4.78 is 0. The van der Waals surface area contributed by atoms with Crippen LogP contribution in [0.5, 0.6) is 0 Å². The molecule has 0 saturated heterocycles. The quantitative estimate of drug-likeness (QED) is 0.565. The molecule has 0 bridgehead atoms. The van der Waals surface area contributed by atoms with Gasteiger partial charge in [0.05, 0.1) is 11.9 Å². The van der Waals surface area contributed by atoms with Crippen molar-refractivity contribution in [3.63, 3.8) is 0 Å². The van der Waals surface area contributed by atoms with E-state index in [0.29, 0.717) is 0 Å². The number of benzene rings is 1. The number of thiazole rings is 1. The van der Waals surface area contributed by atoms with Crippen molar-refractivity contribution in [2.75, 3.05) is 5.43 Å². The van der Waals surface area contributed by atoms with Crippen LogP contribution in [0, 0.1) is 20.8 Å². The molecule has 3 rings (SSSR count). The Labute approximate surface area is 140 Å². The summed E-state index contributed by atoms with van der Waals surface area (Å²) in [6.45, 7) is 6.37. The second-order valence-corrected chi connectivity index (χ2v) is 6.33. The summed E-state index contributed by atoms with van der Waals surface area (Å²) in [5.74, 6) is 0. The molecule has 5 heteroatoms. The summed E-state index contributed by atoms with van der Waals surface area (Å²) in [6.07, 6.45) is 5.23. The van der Waals surface area contributed by atoms with Gasteiger partial charge in [0, 0.05) is 28.9 Å². The van der Waals surface area contributed by atoms with Gasteiger partial charge in [-0.05, 0) is 38.0 Å². The fraction of sp³-hybridized carbons (Fsp3) is 0.167. The van der Waals surface area contributed by atoms with Crippen LogP contribution in [0.2, 0.25) is 0 Å². The molecule has 3 aromatic rings. The van der Waals surface area contributed by atoms with Crippen molar-refractivity contribution in [2.24, 2.45) is 5.10 Å². The third-order valence-corrected chi connectivity index (χ3v) is 4.24. The average molecular weight is 322 g/mol. The van der Waals surface area contributed by atoms with Crippen molar-refractivity contribution < 1.29 is 0 Å². The lowest BCUT2D eigenvalue weighted by atomic mass is 9.98. The maximum absolute atomic E-state index is 4.64. The largest absolute Gasteiger partial charge is 0.264 e. The Morgan fingerprint density at radius 2 is 1.96 bits per heavy atom. The van der Waals surface area contributed by atoms with E-state index in [9.17, 15) is 0 Å². The minimum atomic E-state index is 0.777. The highest BCUT2D eigenvalue weighted by molar-refractivity contribution is 7.14. The van der Waals surface area contributed by atoms with Crippen LogP contribution in [0.15, 0.2) is 47.1 Å². The molecule has 116 valence electrons. The van der Waals surface area contributed by atoms with Gasteiger partial charge in [0.1, 0.15) is 0 Å². The molecule has 0 aliphatic rings. The van der Waals surface area contributed by atoms with Crippen molar-refractivity contribution in [3.05, 3.63) is 64.3 Å². The van der Waals surface area contributed by atoms with Gasteiger partial charge in [-0.15, -0.1) is 11.3 Å². The maximum Gasteiger partial charge on any atom is 0.203 e. The fourth-order valence-corrected chi connectivity index (χ4v) is 3.29. The van der Waals surface area contributed by atoms with Crippen molar-refractivity contribution >= 4 is 22.7 Å². The molecule has 0 unspecified atom stereocenters. The zero-order valence-corrected chi connectivity index (χ0v) is 14.2. The number of anilines is 1. The van der Waals surface area contributed by atoms with Crippen molar-refractivity contribution in [1.82, 2.24) is 9.97 Å². The van der Waals surface area contributed by atoms with Crippen LogP contribution in [0.3, 0.4) is 0 Å². The Morgan fingerprint density at radius 1 is 1.17 bits per heavy atom. The molecule has 0 atom stereocenters. The molecule has 2 aromatic heterocycles. The van der Waals surface area contributed by atoms with Gasteiger partial charge in [-0.2, -0.15) is 5.10 Å². The predicted molar refractivity (Wildman–Crippen MR) is 97.2 cm³/mol. The second-order valence-electron chi connectivity index (χ2n) is 5.47. The summed E-state index contributed by atoms with van der Waals surface area (Å²) in [4.78, 5) is 8.69. The Kier molecular flexibility index (Phi) is 4.48. The van der Waals surface area contributed by atoms with Crippen LogP contribution < -0.4 is 5.43 Å². The second kappa shape index (κ2) is 6.71. The molecule has 0 fully saturated rings. The van der Waals surface area contributed by atoms with Crippen molar-refractivity contribution in [2.45, 2.75) is 20.8 Å². The summed E-state index contributed by atoms with van der Waals surface area (Å²) in [7, 11) is 0. The average Bonchev–Trinajstić information content (AvgIpc) is 2.96. The summed E-state index contributed by atoms with van der Waals surface area (Å²) >= 11 is 1.55. The molecule has 0 spiro atoms. The Hall–Kier alpha value is -2.53. The van der Waals surface area contributed by atoms with Crippen LogP contribution >= 0.6 is 11.3 Å². The highest BCUT2D eigenvalue weighted by Crippen LogP contribution is 2.30. The molecule has 0 saturated carbocycles. The first-order valence-electron chi connectivity index (χ1n) is 7.36. The summed E-state index contributed by atoms with van der Waals surface area (Å²) in [5, 5.41) is 7.05. The van der Waals surface area contributed by atoms with Crippen LogP contribution in [0.25, 0.3) is 11.3 Å². The van der Waals surface area contributed by atoms with Gasteiger partial charge in [0.15, 0.2) is 0 Å². The van der Waals surface area contributed by atoms with Gasteiger partial charge < -0.3 is 0 Å². The van der Waals surface area contributed by atoms with Crippen molar-refractivity contribution in [1.29, 1.82) is 0 Å². The van der Waals surface area contributed by atoms with Gasteiger partial charge >= 0.3 is 0 Å². The number of hydrogen-bond donors (Lipinski definition) is 1. The van der Waals surface area contributed by atoms with E-state index in [1.807, 2.05) is 12.1 Å². The first-order chi connectivity index (χ1) is 11.1. The highest BCUT2D eigenvalue weighted by Gasteiger charge is 2.10. The number of hydrogen-bond acceptors (Lipinski definition) is 5. The molecule has 0 radical (unpaired) electrons. The SMILES string of the molecule is Cc1cc(C)c(-c2csc(N/N=C\c3cccnc3)n2)c(C)c1. The highest BCUT2D eigenvalue weighted by atomic mass is 32.1. The van der Waals surface area contributed by atoms with E-state index in [1.54, 1.807) is 29.9 Å². The number of nitrogens with zero attached hydrogens (tertiary/aromatic N) is 3. The van der Waals surface area contributed by atoms with Gasteiger partial charge in [0.2, 0.25) is 5.13 Å². The third-order valence-electron chi connectivity index (χ3n) is 3.50. The van der Waals surface area contributed by atoms with Crippen LogP contribution in [0.1, 0.15) is 22.3 Å². The minimum Gasteiger partial charge on any atom is -0.264 e. The van der Waals surface area contributed by atoms with Gasteiger partial charge in [-0.25, -0.2) is 4.98 Å². The monoisotopic (exact) mass is 322 g/mol. The van der Waals surface area contributed by atoms with E-state index in [4.69, 9.17) is 0 Å². The molecule has 0 aliphatic carbocycles. The molecular weight excluding hydrogens is 304 g/mol. The number of hydrazone groups is 1. The van der Waals surface area contributed by atoms with E-state index < -0.39 is 0 Å². The van der Waals surface area contributed by atoms with Crippen LogP contribution in [-0.2, 0) is 0 Å². The topological polar surface area (TPSA) is 50.2 Å². The lowest BCUT2D eigenvalue weighted by Gasteiger charge is -2.08. The van der Waals surface area contributed by atoms with E-state index in [0.717, 1.165) is 16.4 Å². The molecule has 1 N–H and O–H groups in total. The summed E-state index contributed by atoms with van der Waals surface area (Å²) in [6, 6.07) is 8.21. The Balaban J connectivity index is 1.78. The normalized spacial score (nSPS) is 11.1. The standard InChI is InChI=1S/C18H18N4S/c1-12-7-13(2)17(14(3)8-12)16-11-23-18(21-16)22-20-10-15-5-4-6-19-9-15/h4-11H,1-3H3,(H,21,22)/b20-10-. The Morgan fingerprint density at radius 3 is 2.65 bits per heavy atom. The molecule has 1 aromatic carbocycles. The zero-order valence-electron chi connectivity index (χ0n) is 13.4. The number of aromatic nitrogens is 2. The first-order valence-corrected chi connectivity index (χ1v) is 8.24. The number of nitrogens with one attached hydrogen (secondary N) is 1. The lowest BCUT2D eigenvalue weighted by Crippen LogP contribution is -1.92. The smallest absolute Gasteiger partial charge is 0.203 e. The number of pyridine rings is 1. The van der Waals surface area contributed by atoms with Gasteiger partial charge in [-0.1, -0.05) is 23.8 Å². The predicted octanol–water partition coefficient (Wildman–Crippen LogP) is 4.58. The van der Waals surface area contributed by atoms with Gasteiger partial charge in [-0.3, -0.25) is 10.4 Å².